The molecule has 0 aromatic heterocycles. The quantitative estimate of drug-likeness (QED) is 0.580. The Hall–Kier alpha value is -2.88. The molecule has 0 saturated heterocycles. The Bertz CT molecular complexity index is 882. The Labute approximate surface area is 161 Å². The molecule has 0 heterocycles. The smallest absolute Gasteiger partial charge is 0.329 e. The van der Waals surface area contributed by atoms with E-state index in [1.807, 2.05) is 5.32 Å². The van der Waals surface area contributed by atoms with Gasteiger partial charge in [-0.3, -0.25) is 9.59 Å². The van der Waals surface area contributed by atoms with Crippen molar-refractivity contribution >= 4 is 28.8 Å². The van der Waals surface area contributed by atoms with Crippen molar-refractivity contribution in [3.63, 3.8) is 0 Å². The summed E-state index contributed by atoms with van der Waals surface area (Å²) in [5, 5.41) is 1.02. The largest absolute Gasteiger partial charge is 0.467 e. The number of carbonyl (C=O) groups excluding carboxylic acids is 3. The first-order chi connectivity index (χ1) is 13.3. The van der Waals surface area contributed by atoms with Gasteiger partial charge in [-0.2, -0.15) is 0 Å². The second kappa shape index (κ2) is 9.36. The van der Waals surface area contributed by atoms with Gasteiger partial charge in [-0.25, -0.2) is 22.4 Å². The van der Waals surface area contributed by atoms with Gasteiger partial charge in [-0.1, -0.05) is 23.9 Å². The Morgan fingerprint density at radius 2 is 1.39 bits per heavy atom. The van der Waals surface area contributed by atoms with Gasteiger partial charge in [0.05, 0.1) is 7.11 Å². The highest BCUT2D eigenvalue weighted by atomic mass is 32.2. The zero-order chi connectivity index (χ0) is 20.8. The van der Waals surface area contributed by atoms with Crippen LogP contribution in [0.5, 0.6) is 0 Å². The summed E-state index contributed by atoms with van der Waals surface area (Å²) >= 11 is 0.333. The van der Waals surface area contributed by atoms with Crippen molar-refractivity contribution in [1.82, 2.24) is 5.32 Å². The standard InChI is InChI=1S/C18H13F4NO4S/c1-27-17(25)13(23-16(24)14-9(19)4-2-5-10(14)20)8-28-18(26)15-11(21)6-3-7-12(15)22/h2-7,13H,8H2,1H3,(H,23,24)/t13-/m0/s1. The predicted molar refractivity (Wildman–Crippen MR) is 92.8 cm³/mol. The second-order valence-corrected chi connectivity index (χ2v) is 6.33. The third kappa shape index (κ3) is 4.89. The zero-order valence-electron chi connectivity index (χ0n) is 14.3. The van der Waals surface area contributed by atoms with Crippen molar-refractivity contribution < 1.29 is 36.7 Å². The maximum absolute atomic E-state index is 13.7. The molecule has 2 aromatic carbocycles. The van der Waals surface area contributed by atoms with E-state index < -0.39 is 63.2 Å². The number of amides is 1. The molecule has 0 aliphatic carbocycles. The highest BCUT2D eigenvalue weighted by Crippen LogP contribution is 2.20. The van der Waals surface area contributed by atoms with E-state index in [0.29, 0.717) is 11.8 Å². The molecule has 0 aliphatic heterocycles. The van der Waals surface area contributed by atoms with Gasteiger partial charge < -0.3 is 10.1 Å². The lowest BCUT2D eigenvalue weighted by Crippen LogP contribution is -2.44. The molecule has 10 heteroatoms. The van der Waals surface area contributed by atoms with Gasteiger partial charge in [0.25, 0.3) is 5.91 Å². The molecule has 28 heavy (non-hydrogen) atoms. The Balaban J connectivity index is 2.15. The van der Waals surface area contributed by atoms with Crippen LogP contribution in [0, 0.1) is 23.3 Å². The van der Waals surface area contributed by atoms with Crippen LogP contribution in [0.2, 0.25) is 0 Å². The Morgan fingerprint density at radius 3 is 1.86 bits per heavy atom. The van der Waals surface area contributed by atoms with Gasteiger partial charge in [0.15, 0.2) is 0 Å². The third-order valence-electron chi connectivity index (χ3n) is 3.53. The minimum atomic E-state index is -1.50. The van der Waals surface area contributed by atoms with Crippen LogP contribution < -0.4 is 5.32 Å². The number of benzene rings is 2. The van der Waals surface area contributed by atoms with Gasteiger partial charge in [-0.15, -0.1) is 0 Å². The summed E-state index contributed by atoms with van der Waals surface area (Å²) in [5.74, 6) is -7.25. The second-order valence-electron chi connectivity index (χ2n) is 5.34. The summed E-state index contributed by atoms with van der Waals surface area (Å²) in [5.41, 5.74) is -1.74. The molecule has 0 saturated carbocycles. The van der Waals surface area contributed by atoms with E-state index in [1.54, 1.807) is 0 Å². The zero-order valence-corrected chi connectivity index (χ0v) is 15.1. The summed E-state index contributed by atoms with van der Waals surface area (Å²) in [6.45, 7) is 0. The lowest BCUT2D eigenvalue weighted by Gasteiger charge is -2.16. The Kier molecular flexibility index (Phi) is 7.16. The van der Waals surface area contributed by atoms with E-state index in [1.165, 1.54) is 0 Å². The number of nitrogens with one attached hydrogen (secondary N) is 1. The minimum Gasteiger partial charge on any atom is -0.467 e. The minimum absolute atomic E-state index is 0.333. The maximum Gasteiger partial charge on any atom is 0.329 e. The summed E-state index contributed by atoms with van der Waals surface area (Å²) < 4.78 is 59.2. The van der Waals surface area contributed by atoms with Crippen molar-refractivity contribution in [3.8, 4) is 0 Å². The number of hydrogen-bond acceptors (Lipinski definition) is 5. The fraction of sp³-hybridized carbons (Fsp3) is 0.167. The Morgan fingerprint density at radius 1 is 0.929 bits per heavy atom. The van der Waals surface area contributed by atoms with Crippen LogP contribution in [0.1, 0.15) is 20.7 Å². The van der Waals surface area contributed by atoms with Gasteiger partial charge in [0.1, 0.15) is 40.4 Å². The van der Waals surface area contributed by atoms with Crippen LogP contribution in [-0.2, 0) is 9.53 Å². The molecule has 1 amide bonds. The topological polar surface area (TPSA) is 72.5 Å². The fourth-order valence-corrected chi connectivity index (χ4v) is 3.06. The number of ether oxygens (including phenoxy) is 1. The molecule has 0 radical (unpaired) electrons. The van der Waals surface area contributed by atoms with E-state index in [4.69, 9.17) is 0 Å². The van der Waals surface area contributed by atoms with Crippen molar-refractivity contribution in [2.75, 3.05) is 12.9 Å². The average molecular weight is 415 g/mol. The maximum atomic E-state index is 13.7. The van der Waals surface area contributed by atoms with Crippen LogP contribution in [0.25, 0.3) is 0 Å². The molecule has 1 N–H and O–H groups in total. The van der Waals surface area contributed by atoms with E-state index >= 15 is 0 Å². The van der Waals surface area contributed by atoms with Crippen molar-refractivity contribution in [2.45, 2.75) is 6.04 Å². The number of esters is 1. The first-order valence-corrected chi connectivity index (χ1v) is 8.68. The molecule has 0 aliphatic rings. The molecule has 2 rings (SSSR count). The molecule has 2 aromatic rings. The van der Waals surface area contributed by atoms with Crippen molar-refractivity contribution in [2.24, 2.45) is 0 Å². The van der Waals surface area contributed by atoms with E-state index in [-0.39, 0.29) is 0 Å². The first-order valence-electron chi connectivity index (χ1n) is 7.70. The lowest BCUT2D eigenvalue weighted by atomic mass is 10.1. The molecule has 0 spiro atoms. The molecule has 148 valence electrons. The van der Waals surface area contributed by atoms with Gasteiger partial charge in [0.2, 0.25) is 5.12 Å². The number of rotatable bonds is 6. The highest BCUT2D eigenvalue weighted by molar-refractivity contribution is 8.14. The van der Waals surface area contributed by atoms with E-state index in [0.717, 1.165) is 43.5 Å². The van der Waals surface area contributed by atoms with Crippen LogP contribution >= 0.6 is 11.8 Å². The number of halogens is 4. The first kappa shape index (κ1) is 21.4. The molecular weight excluding hydrogens is 402 g/mol. The molecule has 0 fully saturated rings. The normalized spacial score (nSPS) is 11.6. The summed E-state index contributed by atoms with van der Waals surface area (Å²) in [4.78, 5) is 36.0. The van der Waals surface area contributed by atoms with Crippen molar-refractivity contribution in [1.29, 1.82) is 0 Å². The molecule has 1 atom stereocenters. The van der Waals surface area contributed by atoms with Crippen LogP contribution in [0.15, 0.2) is 36.4 Å². The highest BCUT2D eigenvalue weighted by Gasteiger charge is 2.27. The SMILES string of the molecule is COC(=O)[C@H](CSC(=O)c1c(F)cccc1F)NC(=O)c1c(F)cccc1F. The summed E-state index contributed by atoms with van der Waals surface area (Å²) in [7, 11) is 0.994. The molecule has 0 unspecified atom stereocenters. The summed E-state index contributed by atoms with van der Waals surface area (Å²) in [6.07, 6.45) is 0. The van der Waals surface area contributed by atoms with Crippen LogP contribution in [0.4, 0.5) is 17.6 Å². The van der Waals surface area contributed by atoms with E-state index in [9.17, 15) is 31.9 Å². The summed E-state index contributed by atoms with van der Waals surface area (Å²) in [6, 6.07) is 4.10. The van der Waals surface area contributed by atoms with Crippen LogP contribution in [0.3, 0.4) is 0 Å². The number of thioether (sulfide) groups is 1. The lowest BCUT2D eigenvalue weighted by molar-refractivity contribution is -0.142. The van der Waals surface area contributed by atoms with Gasteiger partial charge >= 0.3 is 5.97 Å². The van der Waals surface area contributed by atoms with E-state index in [2.05, 4.69) is 4.74 Å². The van der Waals surface area contributed by atoms with Crippen molar-refractivity contribution in [3.05, 3.63) is 70.8 Å². The number of methoxy groups -OCH3 is 1. The van der Waals surface area contributed by atoms with Gasteiger partial charge in [-0.05, 0) is 24.3 Å². The fourth-order valence-electron chi connectivity index (χ4n) is 2.18. The molecule has 0 bridgehead atoms. The van der Waals surface area contributed by atoms with Gasteiger partial charge in [0, 0.05) is 5.75 Å². The number of carbonyl (C=O) groups is 3. The number of hydrogen-bond donors (Lipinski definition) is 1. The average Bonchev–Trinajstić information content (AvgIpc) is 2.64. The predicted octanol–water partition coefficient (Wildman–Crippen LogP) is 3.09. The monoisotopic (exact) mass is 415 g/mol. The molecular formula is C18H13F4NO4S. The van der Waals surface area contributed by atoms with Crippen LogP contribution in [-0.4, -0.2) is 35.9 Å². The molecule has 5 nitrogen and oxygen atoms in total. The third-order valence-corrected chi connectivity index (χ3v) is 4.50.